The van der Waals surface area contributed by atoms with E-state index in [9.17, 15) is 0 Å². The monoisotopic (exact) mass is 344 g/mol. The van der Waals surface area contributed by atoms with Gasteiger partial charge in [0.1, 0.15) is 5.69 Å². The van der Waals surface area contributed by atoms with Crippen molar-refractivity contribution in [3.05, 3.63) is 12.3 Å². The normalized spacial score (nSPS) is 18.4. The van der Waals surface area contributed by atoms with Crippen LogP contribution in [0.4, 0.5) is 17.8 Å². The first-order valence-corrected chi connectivity index (χ1v) is 8.30. The lowest BCUT2D eigenvalue weighted by Gasteiger charge is -2.30. The average molecular weight is 344 g/mol. The van der Waals surface area contributed by atoms with E-state index in [1.807, 2.05) is 0 Å². The zero-order valence-electron chi connectivity index (χ0n) is 13.8. The van der Waals surface area contributed by atoms with Crippen LogP contribution in [0.5, 0.6) is 0 Å². The summed E-state index contributed by atoms with van der Waals surface area (Å²) in [6.07, 6.45) is 1.60. The van der Waals surface area contributed by atoms with E-state index >= 15 is 0 Å². The minimum atomic E-state index is 0.193. The summed E-state index contributed by atoms with van der Waals surface area (Å²) in [6.45, 7) is 5.64. The molecule has 0 spiro atoms. The van der Waals surface area contributed by atoms with Crippen molar-refractivity contribution in [3.63, 3.8) is 0 Å². The number of hydrogen-bond acceptors (Lipinski definition) is 10. The summed E-state index contributed by atoms with van der Waals surface area (Å²) in [4.78, 5) is 26.3. The molecule has 2 aliphatic heterocycles. The van der Waals surface area contributed by atoms with Crippen molar-refractivity contribution >= 4 is 17.8 Å². The molecule has 0 bridgehead atoms. The minimum Gasteiger partial charge on any atom is -0.378 e. The van der Waals surface area contributed by atoms with Gasteiger partial charge in [-0.2, -0.15) is 15.0 Å². The fourth-order valence-electron chi connectivity index (χ4n) is 2.78. The maximum atomic E-state index is 5.71. The quantitative estimate of drug-likeness (QED) is 0.787. The predicted molar refractivity (Wildman–Crippen MR) is 91.3 cm³/mol. The Morgan fingerprint density at radius 2 is 1.36 bits per heavy atom. The zero-order chi connectivity index (χ0) is 17.1. The third-order valence-corrected chi connectivity index (χ3v) is 4.10. The van der Waals surface area contributed by atoms with Crippen molar-refractivity contribution in [2.45, 2.75) is 0 Å². The average Bonchev–Trinajstić information content (AvgIpc) is 2.69. The molecule has 0 atom stereocenters. The Kier molecular flexibility index (Phi) is 4.53. The Hall–Kier alpha value is -2.59. The van der Waals surface area contributed by atoms with Crippen molar-refractivity contribution < 1.29 is 9.47 Å². The molecule has 0 amide bonds. The van der Waals surface area contributed by atoms with Gasteiger partial charge in [0.25, 0.3) is 0 Å². The first kappa shape index (κ1) is 15.9. The summed E-state index contributed by atoms with van der Waals surface area (Å²) in [5.74, 6) is 1.95. The fraction of sp³-hybridized carbons (Fsp3) is 0.533. The predicted octanol–water partition coefficient (Wildman–Crippen LogP) is -0.416. The van der Waals surface area contributed by atoms with Gasteiger partial charge < -0.3 is 25.0 Å². The van der Waals surface area contributed by atoms with Crippen LogP contribution in [0.3, 0.4) is 0 Å². The molecule has 25 heavy (non-hydrogen) atoms. The number of nitrogen functional groups attached to an aromatic ring is 1. The molecule has 0 unspecified atom stereocenters. The topological polar surface area (TPSA) is 115 Å². The van der Waals surface area contributed by atoms with E-state index in [0.29, 0.717) is 49.8 Å². The van der Waals surface area contributed by atoms with Crippen LogP contribution in [0.2, 0.25) is 0 Å². The standard InChI is InChI=1S/C15H20N8O2/c16-13-17-2-1-11(18-13)12-19-14(22-3-7-24-8-4-22)21-15(20-12)23-5-9-25-10-6-23/h1-2H,3-10H2,(H2,16,17,18). The molecule has 0 radical (unpaired) electrons. The van der Waals surface area contributed by atoms with E-state index in [4.69, 9.17) is 15.2 Å². The van der Waals surface area contributed by atoms with Gasteiger partial charge >= 0.3 is 0 Å². The summed E-state index contributed by atoms with van der Waals surface area (Å²) >= 11 is 0. The molecule has 10 nitrogen and oxygen atoms in total. The second-order valence-corrected chi connectivity index (χ2v) is 5.76. The molecule has 2 aromatic heterocycles. The fourth-order valence-corrected chi connectivity index (χ4v) is 2.78. The van der Waals surface area contributed by atoms with E-state index in [-0.39, 0.29) is 5.95 Å². The van der Waals surface area contributed by atoms with Gasteiger partial charge in [-0.25, -0.2) is 9.97 Å². The Labute approximate surface area is 145 Å². The Bertz CT molecular complexity index is 695. The van der Waals surface area contributed by atoms with Crippen molar-refractivity contribution in [2.24, 2.45) is 0 Å². The molecule has 2 aromatic rings. The zero-order valence-corrected chi connectivity index (χ0v) is 13.8. The number of anilines is 3. The molecular formula is C15H20N8O2. The second-order valence-electron chi connectivity index (χ2n) is 5.76. The van der Waals surface area contributed by atoms with E-state index in [2.05, 4.69) is 34.7 Å². The minimum absolute atomic E-state index is 0.193. The van der Waals surface area contributed by atoms with Gasteiger partial charge in [0.15, 0.2) is 5.82 Å². The van der Waals surface area contributed by atoms with Crippen LogP contribution in [0.1, 0.15) is 0 Å². The molecule has 2 aliphatic rings. The highest BCUT2D eigenvalue weighted by Gasteiger charge is 2.21. The van der Waals surface area contributed by atoms with Gasteiger partial charge in [0, 0.05) is 32.4 Å². The lowest BCUT2D eigenvalue weighted by molar-refractivity contribution is 0.121. The van der Waals surface area contributed by atoms with Gasteiger partial charge in [0.05, 0.1) is 26.4 Å². The number of nitrogens with zero attached hydrogens (tertiary/aromatic N) is 7. The highest BCUT2D eigenvalue weighted by molar-refractivity contribution is 5.55. The smallest absolute Gasteiger partial charge is 0.230 e. The molecule has 10 heteroatoms. The number of morpholine rings is 2. The molecule has 0 saturated carbocycles. The Morgan fingerprint density at radius 3 is 1.88 bits per heavy atom. The van der Waals surface area contributed by atoms with Crippen molar-refractivity contribution in [3.8, 4) is 11.5 Å². The third-order valence-electron chi connectivity index (χ3n) is 4.10. The number of aromatic nitrogens is 5. The third kappa shape index (κ3) is 3.59. The molecule has 0 aliphatic carbocycles. The van der Waals surface area contributed by atoms with Gasteiger partial charge in [-0.3, -0.25) is 0 Å². The van der Waals surface area contributed by atoms with Crippen LogP contribution in [0, 0.1) is 0 Å². The number of rotatable bonds is 3. The number of nitrogens with two attached hydrogens (primary N) is 1. The first-order chi connectivity index (χ1) is 12.3. The van der Waals surface area contributed by atoms with Crippen LogP contribution in [-0.4, -0.2) is 77.5 Å². The molecule has 4 heterocycles. The summed E-state index contributed by atoms with van der Waals surface area (Å²) in [6, 6.07) is 1.75. The first-order valence-electron chi connectivity index (χ1n) is 8.30. The lowest BCUT2D eigenvalue weighted by Crippen LogP contribution is -2.40. The second kappa shape index (κ2) is 7.11. The van der Waals surface area contributed by atoms with Gasteiger partial charge in [0.2, 0.25) is 17.8 Å². The molecular weight excluding hydrogens is 324 g/mol. The van der Waals surface area contributed by atoms with Crippen LogP contribution < -0.4 is 15.5 Å². The van der Waals surface area contributed by atoms with E-state index < -0.39 is 0 Å². The molecule has 0 aromatic carbocycles. The van der Waals surface area contributed by atoms with Gasteiger partial charge in [-0.15, -0.1) is 0 Å². The molecule has 4 rings (SSSR count). The summed E-state index contributed by atoms with van der Waals surface area (Å²) in [5, 5.41) is 0. The summed E-state index contributed by atoms with van der Waals surface area (Å²) in [7, 11) is 0. The molecule has 2 saturated heterocycles. The lowest BCUT2D eigenvalue weighted by atomic mass is 10.3. The van der Waals surface area contributed by atoms with Gasteiger partial charge in [-0.1, -0.05) is 0 Å². The van der Waals surface area contributed by atoms with Crippen molar-refractivity contribution in [1.82, 2.24) is 24.9 Å². The molecule has 132 valence electrons. The van der Waals surface area contributed by atoms with Crippen LogP contribution in [0.25, 0.3) is 11.5 Å². The maximum Gasteiger partial charge on any atom is 0.230 e. The summed E-state index contributed by atoms with van der Waals surface area (Å²) < 4.78 is 10.8. The number of ether oxygens (including phenoxy) is 2. The van der Waals surface area contributed by atoms with Crippen LogP contribution in [0.15, 0.2) is 12.3 Å². The summed E-state index contributed by atoms with van der Waals surface area (Å²) in [5.41, 5.74) is 6.29. The van der Waals surface area contributed by atoms with Crippen molar-refractivity contribution in [1.29, 1.82) is 0 Å². The highest BCUT2D eigenvalue weighted by atomic mass is 16.5. The Balaban J connectivity index is 1.73. The van der Waals surface area contributed by atoms with Crippen LogP contribution in [-0.2, 0) is 9.47 Å². The highest BCUT2D eigenvalue weighted by Crippen LogP contribution is 2.21. The van der Waals surface area contributed by atoms with E-state index in [0.717, 1.165) is 26.2 Å². The van der Waals surface area contributed by atoms with E-state index in [1.165, 1.54) is 0 Å². The van der Waals surface area contributed by atoms with E-state index in [1.54, 1.807) is 12.3 Å². The molecule has 2 N–H and O–H groups in total. The van der Waals surface area contributed by atoms with Crippen LogP contribution >= 0.6 is 0 Å². The van der Waals surface area contributed by atoms with Gasteiger partial charge in [-0.05, 0) is 6.07 Å². The Morgan fingerprint density at radius 1 is 0.800 bits per heavy atom. The van der Waals surface area contributed by atoms with Crippen molar-refractivity contribution in [2.75, 3.05) is 68.1 Å². The maximum absolute atomic E-state index is 5.71. The largest absolute Gasteiger partial charge is 0.378 e. The number of hydrogen-bond donors (Lipinski definition) is 1. The molecule has 2 fully saturated rings. The SMILES string of the molecule is Nc1nccc(-c2nc(N3CCOCC3)nc(N3CCOCC3)n2)n1.